The van der Waals surface area contributed by atoms with E-state index in [4.69, 9.17) is 11.6 Å². The second kappa shape index (κ2) is 6.25. The molecule has 1 aliphatic carbocycles. The van der Waals surface area contributed by atoms with Crippen molar-refractivity contribution in [2.75, 3.05) is 11.9 Å². The molecule has 3 heteroatoms. The molecule has 0 saturated heterocycles. The molecule has 0 aromatic carbocycles. The minimum atomic E-state index is 0.713. The first kappa shape index (κ1) is 12.7. The number of pyridine rings is 1. The Labute approximate surface area is 109 Å². The maximum Gasteiger partial charge on any atom is 0.0820 e. The topological polar surface area (TPSA) is 24.9 Å². The van der Waals surface area contributed by atoms with Gasteiger partial charge < -0.3 is 5.32 Å². The van der Waals surface area contributed by atoms with Gasteiger partial charge in [0, 0.05) is 18.9 Å². The van der Waals surface area contributed by atoms with Crippen molar-refractivity contribution < 1.29 is 0 Å². The van der Waals surface area contributed by atoms with Gasteiger partial charge in [0.25, 0.3) is 0 Å². The van der Waals surface area contributed by atoms with Crippen molar-refractivity contribution in [2.45, 2.75) is 39.0 Å². The lowest BCUT2D eigenvalue weighted by Crippen LogP contribution is -2.16. The summed E-state index contributed by atoms with van der Waals surface area (Å²) in [5, 5.41) is 4.12. The van der Waals surface area contributed by atoms with E-state index in [1.807, 2.05) is 6.07 Å². The first-order valence-corrected chi connectivity index (χ1v) is 6.97. The number of anilines is 1. The van der Waals surface area contributed by atoms with Gasteiger partial charge in [0.05, 0.1) is 10.7 Å². The van der Waals surface area contributed by atoms with Gasteiger partial charge in [-0.3, -0.25) is 4.98 Å². The summed E-state index contributed by atoms with van der Waals surface area (Å²) in [6.45, 7) is 3.39. The Kier molecular flexibility index (Phi) is 4.66. The molecule has 1 saturated carbocycles. The molecule has 1 aliphatic rings. The molecule has 0 radical (unpaired) electrons. The normalized spacial score (nSPS) is 24.6. The molecule has 2 rings (SSSR count). The van der Waals surface area contributed by atoms with Gasteiger partial charge in [-0.15, -0.1) is 0 Å². The highest BCUT2D eigenvalue weighted by Crippen LogP contribution is 2.30. The van der Waals surface area contributed by atoms with Crippen molar-refractivity contribution in [2.24, 2.45) is 11.8 Å². The highest BCUT2D eigenvalue weighted by Gasteiger charge is 2.18. The summed E-state index contributed by atoms with van der Waals surface area (Å²) in [6, 6.07) is 1.94. The molecule has 1 N–H and O–H groups in total. The van der Waals surface area contributed by atoms with E-state index in [0.717, 1.165) is 24.1 Å². The summed E-state index contributed by atoms with van der Waals surface area (Å²) in [5.74, 6) is 1.81. The van der Waals surface area contributed by atoms with Gasteiger partial charge in [0.1, 0.15) is 0 Å². The largest absolute Gasteiger partial charge is 0.384 e. The molecular weight excluding hydrogens is 232 g/mol. The van der Waals surface area contributed by atoms with E-state index in [9.17, 15) is 0 Å². The molecule has 0 amide bonds. The predicted octanol–water partition coefficient (Wildman–Crippen LogP) is 4.36. The Bertz CT molecular complexity index is 354. The molecule has 1 aromatic heterocycles. The fourth-order valence-electron chi connectivity index (χ4n) is 2.75. The third kappa shape index (κ3) is 3.88. The Balaban J connectivity index is 1.74. The lowest BCUT2D eigenvalue weighted by atomic mass is 9.81. The minimum Gasteiger partial charge on any atom is -0.384 e. The van der Waals surface area contributed by atoms with Crippen LogP contribution in [0.3, 0.4) is 0 Å². The average molecular weight is 253 g/mol. The lowest BCUT2D eigenvalue weighted by Gasteiger charge is -2.26. The fraction of sp³-hybridized carbons (Fsp3) is 0.643. The van der Waals surface area contributed by atoms with Crippen LogP contribution in [0.25, 0.3) is 0 Å². The van der Waals surface area contributed by atoms with Crippen molar-refractivity contribution >= 4 is 17.3 Å². The van der Waals surface area contributed by atoms with Crippen LogP contribution in [-0.2, 0) is 0 Å². The van der Waals surface area contributed by atoms with Gasteiger partial charge in [-0.05, 0) is 30.7 Å². The quantitative estimate of drug-likeness (QED) is 0.861. The Morgan fingerprint density at radius 3 is 3.12 bits per heavy atom. The van der Waals surface area contributed by atoms with E-state index in [2.05, 4.69) is 17.2 Å². The summed E-state index contributed by atoms with van der Waals surface area (Å²) in [4.78, 5) is 3.98. The maximum absolute atomic E-state index is 6.04. The molecule has 1 fully saturated rings. The first-order valence-electron chi connectivity index (χ1n) is 6.59. The zero-order valence-electron chi connectivity index (χ0n) is 10.5. The number of aromatic nitrogens is 1. The molecule has 1 heterocycles. The van der Waals surface area contributed by atoms with Crippen LogP contribution in [-0.4, -0.2) is 11.5 Å². The standard InChI is InChI=1S/C14H21ClN2/c1-11-3-2-4-12(9-11)5-8-17-14-6-7-16-10-13(14)15/h6-7,10-12H,2-5,8-9H2,1H3,(H,16,17). The number of hydrogen-bond donors (Lipinski definition) is 1. The second-order valence-corrected chi connectivity index (χ2v) is 5.62. The van der Waals surface area contributed by atoms with Crippen LogP contribution in [0, 0.1) is 11.8 Å². The third-order valence-electron chi connectivity index (χ3n) is 3.69. The van der Waals surface area contributed by atoms with Crippen LogP contribution in [0.15, 0.2) is 18.5 Å². The summed E-state index contributed by atoms with van der Waals surface area (Å²) in [6.07, 6.45) is 10.3. The van der Waals surface area contributed by atoms with Gasteiger partial charge >= 0.3 is 0 Å². The van der Waals surface area contributed by atoms with Gasteiger partial charge in [0.2, 0.25) is 0 Å². The van der Waals surface area contributed by atoms with Crippen molar-refractivity contribution in [3.05, 3.63) is 23.5 Å². The second-order valence-electron chi connectivity index (χ2n) is 5.21. The van der Waals surface area contributed by atoms with Crippen molar-refractivity contribution in [3.63, 3.8) is 0 Å². The molecule has 2 unspecified atom stereocenters. The summed E-state index contributed by atoms with van der Waals surface area (Å²) < 4.78 is 0. The molecular formula is C14H21ClN2. The van der Waals surface area contributed by atoms with E-state index in [0.29, 0.717) is 5.02 Å². The summed E-state index contributed by atoms with van der Waals surface area (Å²) >= 11 is 6.04. The number of rotatable bonds is 4. The smallest absolute Gasteiger partial charge is 0.0820 e. The van der Waals surface area contributed by atoms with E-state index in [1.54, 1.807) is 12.4 Å². The van der Waals surface area contributed by atoms with E-state index in [1.165, 1.54) is 32.1 Å². The minimum absolute atomic E-state index is 0.713. The van der Waals surface area contributed by atoms with Crippen LogP contribution in [0.5, 0.6) is 0 Å². The van der Waals surface area contributed by atoms with Crippen LogP contribution in [0.4, 0.5) is 5.69 Å². The zero-order valence-corrected chi connectivity index (χ0v) is 11.2. The van der Waals surface area contributed by atoms with Crippen LogP contribution in [0.2, 0.25) is 5.02 Å². The van der Waals surface area contributed by atoms with Crippen LogP contribution in [0.1, 0.15) is 39.0 Å². The number of halogens is 1. The third-order valence-corrected chi connectivity index (χ3v) is 3.99. The Morgan fingerprint density at radius 2 is 2.35 bits per heavy atom. The van der Waals surface area contributed by atoms with Crippen LogP contribution < -0.4 is 5.32 Å². The number of nitrogens with zero attached hydrogens (tertiary/aromatic N) is 1. The fourth-order valence-corrected chi connectivity index (χ4v) is 2.94. The van der Waals surface area contributed by atoms with E-state index in [-0.39, 0.29) is 0 Å². The molecule has 0 spiro atoms. The van der Waals surface area contributed by atoms with E-state index >= 15 is 0 Å². The Hall–Kier alpha value is -0.760. The van der Waals surface area contributed by atoms with Gasteiger partial charge in [0.15, 0.2) is 0 Å². The summed E-state index contributed by atoms with van der Waals surface area (Å²) in [7, 11) is 0. The lowest BCUT2D eigenvalue weighted by molar-refractivity contribution is 0.274. The van der Waals surface area contributed by atoms with Crippen molar-refractivity contribution in [1.29, 1.82) is 0 Å². The molecule has 2 atom stereocenters. The Morgan fingerprint density at radius 1 is 1.47 bits per heavy atom. The predicted molar refractivity (Wildman–Crippen MR) is 73.5 cm³/mol. The van der Waals surface area contributed by atoms with Gasteiger partial charge in [-0.2, -0.15) is 0 Å². The molecule has 0 bridgehead atoms. The van der Waals surface area contributed by atoms with Crippen molar-refractivity contribution in [1.82, 2.24) is 4.98 Å². The van der Waals surface area contributed by atoms with Gasteiger partial charge in [-0.25, -0.2) is 0 Å². The zero-order chi connectivity index (χ0) is 12.1. The van der Waals surface area contributed by atoms with Crippen LogP contribution >= 0.6 is 11.6 Å². The number of hydrogen-bond acceptors (Lipinski definition) is 2. The monoisotopic (exact) mass is 252 g/mol. The molecule has 94 valence electrons. The molecule has 0 aliphatic heterocycles. The van der Waals surface area contributed by atoms with Gasteiger partial charge in [-0.1, -0.05) is 37.8 Å². The molecule has 1 aromatic rings. The molecule has 17 heavy (non-hydrogen) atoms. The van der Waals surface area contributed by atoms with Crippen molar-refractivity contribution in [3.8, 4) is 0 Å². The molecule has 2 nitrogen and oxygen atoms in total. The average Bonchev–Trinajstić information content (AvgIpc) is 2.32. The maximum atomic E-state index is 6.04. The number of nitrogens with one attached hydrogen (secondary N) is 1. The SMILES string of the molecule is CC1CCCC(CCNc2ccncc2Cl)C1. The summed E-state index contributed by atoms with van der Waals surface area (Å²) in [5.41, 5.74) is 1.01. The first-order chi connectivity index (χ1) is 8.25. The highest BCUT2D eigenvalue weighted by molar-refractivity contribution is 6.33. The van der Waals surface area contributed by atoms with E-state index < -0.39 is 0 Å². The highest BCUT2D eigenvalue weighted by atomic mass is 35.5.